The Bertz CT molecular complexity index is 3290. The minimum Gasteiger partial charge on any atom is -0.508 e. The number of hydrogen-bond donors (Lipinski definition) is 18. The van der Waals surface area contributed by atoms with Gasteiger partial charge in [-0.05, 0) is 103 Å². The zero-order valence-electron chi connectivity index (χ0n) is 48.3. The summed E-state index contributed by atoms with van der Waals surface area (Å²) in [7, 11) is 1.52. The molecule has 1 aliphatic carbocycles. The minimum atomic E-state index is -1.38. The van der Waals surface area contributed by atoms with Gasteiger partial charge in [0.05, 0.1) is 17.4 Å². The summed E-state index contributed by atoms with van der Waals surface area (Å²) in [4.78, 5) is 156. The first-order valence-corrected chi connectivity index (χ1v) is 28.4. The summed E-state index contributed by atoms with van der Waals surface area (Å²) >= 11 is 0.897. The predicted molar refractivity (Wildman–Crippen MR) is 320 cm³/mol. The van der Waals surface area contributed by atoms with Gasteiger partial charge < -0.3 is 90.7 Å². The largest absolute Gasteiger partial charge is 0.508 e. The maximum atomic E-state index is 13.7. The number of carbonyl (C=O) groups is 11. The fourth-order valence-electron chi connectivity index (χ4n) is 8.53. The lowest BCUT2D eigenvalue weighted by molar-refractivity contribution is -0.135. The highest BCUT2D eigenvalue weighted by Gasteiger charge is 2.32. The summed E-state index contributed by atoms with van der Waals surface area (Å²) in [6, 6.07) is 2.05. The van der Waals surface area contributed by atoms with Crippen LogP contribution in [0.25, 0.3) is 33.4 Å². The lowest BCUT2D eigenvalue weighted by Crippen LogP contribution is -2.59. The Labute approximate surface area is 502 Å². The number of primary amides is 2. The Kier molecular flexibility index (Phi) is 26.4. The Balaban J connectivity index is 1.31. The molecule has 32 heteroatoms. The normalized spacial score (nSPS) is 13.8. The van der Waals surface area contributed by atoms with Crippen LogP contribution < -0.4 is 81.5 Å². The number of likely N-dealkylation sites (N-methyl/N-ethyl adjacent to an activating group) is 1. The first-order chi connectivity index (χ1) is 41.0. The van der Waals surface area contributed by atoms with Crippen LogP contribution >= 0.6 is 11.8 Å². The van der Waals surface area contributed by atoms with Gasteiger partial charge in [-0.2, -0.15) is 11.8 Å². The van der Waals surface area contributed by atoms with Crippen LogP contribution in [0.4, 0.5) is 0 Å². The van der Waals surface area contributed by atoms with Crippen molar-refractivity contribution in [3.05, 3.63) is 75.9 Å². The SMILES string of the molecule is CN[C@@H](CCCNC(=N)N)C(=O)N[C@@H](CCC(N)=O)C(=O)N[C@@H](CCCNC(=N)N)C(=O)N[C@@H](C)C(=O)N[C@@H](C)C(=O)N[C@@H](C)C(=O)N[C@@H](C)C(=O)N[C@@H](CSCC(=O)c1ccc(-c2c3ccc(=O)cc-3oc3cc(O)ccc23)c(C(=O)O)c1)C(N)=O. The first kappa shape index (κ1) is 69.6. The standard InChI is InChI=1S/C55H74N16O15S/c1-25(66-48(79)27(3)68-51(82)37(9-7-19-64-55(60)61)69-52(83)38(16-17-43(56)75)70-50(81)36(62-5)8-6-18-63-54(58)59)46(77)65-26(2)47(78)67-28(4)49(80)71-39(45(57)76)23-87-24-40(74)29-10-13-32(35(20-29)53(84)85)44-33-14-11-30(72)21-41(33)86-42-22-31(73)12-15-34(42)44/h10-15,20-22,25-28,36-39,62,72H,6-9,16-19,23-24H2,1-5H3,(H2,56,75)(H2,57,76)(H,65,77)(H,66,79)(H,67,78)(H,68,82)(H,69,83)(H,70,81)(H,71,80)(H,84,85)(H4,58,59,63)(H4,60,61,64)/t25-,26-,27-,28-,36-,37-,38-,39-/m0/s1. The monoisotopic (exact) mass is 1230 g/mol. The number of carbonyl (C=O) groups excluding carboxylic acids is 10. The number of nitrogens with two attached hydrogens (primary N) is 4. The number of thioether (sulfide) groups is 1. The van der Waals surface area contributed by atoms with Crippen molar-refractivity contribution in [2.24, 2.45) is 22.9 Å². The van der Waals surface area contributed by atoms with Gasteiger partial charge >= 0.3 is 5.97 Å². The molecule has 0 bridgehead atoms. The van der Waals surface area contributed by atoms with Gasteiger partial charge in [0.2, 0.25) is 53.2 Å². The summed E-state index contributed by atoms with van der Waals surface area (Å²) in [5, 5.41) is 60.8. The Morgan fingerprint density at radius 2 is 1.07 bits per heavy atom. The molecule has 470 valence electrons. The third-order valence-electron chi connectivity index (χ3n) is 13.3. The van der Waals surface area contributed by atoms with E-state index in [1.807, 2.05) is 0 Å². The zero-order valence-corrected chi connectivity index (χ0v) is 49.1. The fourth-order valence-corrected chi connectivity index (χ4v) is 9.48. The number of nitrogens with one attached hydrogen (secondary N) is 12. The number of phenols is 1. The Morgan fingerprint density at radius 1 is 0.586 bits per heavy atom. The number of guanidine groups is 2. The lowest BCUT2D eigenvalue weighted by Gasteiger charge is -2.26. The van der Waals surface area contributed by atoms with Crippen molar-refractivity contribution in [3.63, 3.8) is 0 Å². The van der Waals surface area contributed by atoms with Crippen LogP contribution in [0.1, 0.15) is 86.9 Å². The molecule has 22 N–H and O–H groups in total. The topological polar surface area (TPSA) is 531 Å². The number of ketones is 1. The van der Waals surface area contributed by atoms with Gasteiger partial charge in [-0.25, -0.2) is 4.79 Å². The quantitative estimate of drug-likeness (QED) is 0.00740. The number of fused-ring (bicyclic) bond motifs is 2. The molecule has 0 unspecified atom stereocenters. The molecule has 0 fully saturated rings. The van der Waals surface area contributed by atoms with Crippen LogP contribution in [0.15, 0.2) is 63.8 Å². The van der Waals surface area contributed by atoms with Gasteiger partial charge in [-0.1, -0.05) is 12.1 Å². The Morgan fingerprint density at radius 3 is 1.59 bits per heavy atom. The van der Waals surface area contributed by atoms with Crippen LogP contribution in [0.5, 0.6) is 5.75 Å². The number of rotatable bonds is 34. The molecule has 2 aromatic carbocycles. The van der Waals surface area contributed by atoms with E-state index in [9.17, 15) is 67.7 Å². The molecule has 8 atom stereocenters. The number of amides is 9. The number of carboxylic acid groups (broad SMARTS) is 1. The van der Waals surface area contributed by atoms with Crippen molar-refractivity contribution in [2.75, 3.05) is 31.6 Å². The summed E-state index contributed by atoms with van der Waals surface area (Å²) < 4.78 is 5.86. The van der Waals surface area contributed by atoms with Crippen molar-refractivity contribution >= 4 is 99.6 Å². The highest BCUT2D eigenvalue weighted by atomic mass is 32.2. The minimum absolute atomic E-state index is 0.00357. The average Bonchev–Trinajstić information content (AvgIpc) is 0.982. The van der Waals surface area contributed by atoms with Gasteiger partial charge in [0.25, 0.3) is 0 Å². The molecule has 0 aromatic heterocycles. The molecule has 0 saturated carbocycles. The van der Waals surface area contributed by atoms with Gasteiger partial charge in [0.15, 0.2) is 23.1 Å². The zero-order chi connectivity index (χ0) is 64.8. The van der Waals surface area contributed by atoms with E-state index < -0.39 is 113 Å². The van der Waals surface area contributed by atoms with E-state index in [1.165, 1.54) is 89.3 Å². The third-order valence-corrected chi connectivity index (χ3v) is 14.3. The number of phenolic OH excluding ortho intramolecular Hbond substituents is 1. The molecule has 0 radical (unpaired) electrons. The lowest BCUT2D eigenvalue weighted by atomic mass is 9.89. The van der Waals surface area contributed by atoms with E-state index in [1.54, 1.807) is 0 Å². The van der Waals surface area contributed by atoms with E-state index >= 15 is 0 Å². The first-order valence-electron chi connectivity index (χ1n) is 27.2. The van der Waals surface area contributed by atoms with Gasteiger partial charge in [0.1, 0.15) is 59.4 Å². The second-order valence-corrected chi connectivity index (χ2v) is 21.2. The second kappa shape index (κ2) is 33.0. The molecule has 87 heavy (non-hydrogen) atoms. The second-order valence-electron chi connectivity index (χ2n) is 20.1. The van der Waals surface area contributed by atoms with E-state index in [0.29, 0.717) is 22.9 Å². The molecule has 2 aliphatic rings. The van der Waals surface area contributed by atoms with Crippen LogP contribution in [0, 0.1) is 10.8 Å². The van der Waals surface area contributed by atoms with E-state index in [0.717, 1.165) is 11.8 Å². The van der Waals surface area contributed by atoms with Crippen LogP contribution in [0.2, 0.25) is 0 Å². The summed E-state index contributed by atoms with van der Waals surface area (Å²) in [6.45, 7) is 5.50. The van der Waals surface area contributed by atoms with Crippen molar-refractivity contribution in [1.82, 2.24) is 53.2 Å². The highest BCUT2D eigenvalue weighted by molar-refractivity contribution is 8.00. The van der Waals surface area contributed by atoms with E-state index in [2.05, 4.69) is 53.2 Å². The number of benzene rings is 3. The number of hydrogen-bond acceptors (Lipinski definition) is 18. The molecule has 2 aromatic rings. The van der Waals surface area contributed by atoms with Crippen molar-refractivity contribution in [3.8, 4) is 28.2 Å². The number of aromatic hydroxyl groups is 1. The van der Waals surface area contributed by atoms with Crippen LogP contribution in [-0.2, 0) is 43.2 Å². The van der Waals surface area contributed by atoms with Crippen LogP contribution in [0.3, 0.4) is 0 Å². The smallest absolute Gasteiger partial charge is 0.336 e. The molecule has 9 amide bonds. The Hall–Kier alpha value is -9.85. The third kappa shape index (κ3) is 21.3. The molecule has 0 saturated heterocycles. The number of carboxylic acids is 1. The van der Waals surface area contributed by atoms with Gasteiger partial charge in [-0.15, -0.1) is 0 Å². The molecular weight excluding hydrogens is 1160 g/mol. The summed E-state index contributed by atoms with van der Waals surface area (Å²) in [5.74, 6) is -10.7. The summed E-state index contributed by atoms with van der Waals surface area (Å²) in [5.41, 5.74) is 22.1. The highest BCUT2D eigenvalue weighted by Crippen LogP contribution is 2.42. The molecule has 1 heterocycles. The summed E-state index contributed by atoms with van der Waals surface area (Å²) in [6.07, 6.45) is 0.161. The predicted octanol–water partition coefficient (Wildman–Crippen LogP) is -2.78. The molecule has 4 rings (SSSR count). The molecule has 31 nitrogen and oxygen atoms in total. The number of aromatic carboxylic acids is 1. The molecule has 0 spiro atoms. The fraction of sp³-hybridized carbons (Fsp3) is 0.418. The maximum absolute atomic E-state index is 13.7. The van der Waals surface area contributed by atoms with Crippen molar-refractivity contribution in [1.29, 1.82) is 10.8 Å². The van der Waals surface area contributed by atoms with E-state index in [-0.39, 0.29) is 108 Å². The molecule has 1 aliphatic heterocycles. The van der Waals surface area contributed by atoms with E-state index in [4.69, 9.17) is 38.2 Å². The maximum Gasteiger partial charge on any atom is 0.336 e. The van der Waals surface area contributed by atoms with Crippen LogP contribution in [-0.4, -0.2) is 167 Å². The molecular formula is C55H74N16O15S. The average molecular weight is 1230 g/mol. The van der Waals surface area contributed by atoms with Crippen molar-refractivity contribution in [2.45, 2.75) is 115 Å². The number of Topliss-reactive ketones (excluding diaryl/α,β-unsaturated/α-hetero) is 1. The van der Waals surface area contributed by atoms with Gasteiger partial charge in [-0.3, -0.25) is 63.6 Å². The van der Waals surface area contributed by atoms with Gasteiger partial charge in [0, 0.05) is 59.5 Å². The van der Waals surface area contributed by atoms with Crippen molar-refractivity contribution < 1.29 is 67.4 Å².